The van der Waals surface area contributed by atoms with Crippen molar-refractivity contribution in [3.63, 3.8) is 0 Å². The van der Waals surface area contributed by atoms with Crippen molar-refractivity contribution in [3.05, 3.63) is 28.2 Å². The van der Waals surface area contributed by atoms with Gasteiger partial charge in [-0.15, -0.1) is 0 Å². The van der Waals surface area contributed by atoms with E-state index in [0.29, 0.717) is 27.6 Å². The third kappa shape index (κ3) is 6.32. The molecule has 6 heteroatoms. The normalized spacial score (nSPS) is 11.3. The second-order valence-electron chi connectivity index (χ2n) is 4.43. The van der Waals surface area contributed by atoms with Crippen molar-refractivity contribution in [2.24, 2.45) is 10.9 Å². The van der Waals surface area contributed by atoms with Crippen LogP contribution in [0.1, 0.15) is 20.3 Å². The Labute approximate surface area is 123 Å². The summed E-state index contributed by atoms with van der Waals surface area (Å²) in [5.41, 5.74) is 0.590. The predicted octanol–water partition coefficient (Wildman–Crippen LogP) is 3.69. The van der Waals surface area contributed by atoms with Crippen LogP contribution in [0.25, 0.3) is 0 Å². The van der Waals surface area contributed by atoms with Crippen LogP contribution in [0.5, 0.6) is 0 Å². The fourth-order valence-corrected chi connectivity index (χ4v) is 1.89. The van der Waals surface area contributed by atoms with E-state index < -0.39 is 0 Å². The smallest absolute Gasteiger partial charge is 0.209 e. The first kappa shape index (κ1) is 15.6. The molecule has 0 saturated carbocycles. The van der Waals surface area contributed by atoms with E-state index in [2.05, 4.69) is 29.5 Å². The predicted molar refractivity (Wildman–Crippen MR) is 79.8 cm³/mol. The topological polar surface area (TPSA) is 60.2 Å². The van der Waals surface area contributed by atoms with Crippen LogP contribution in [0, 0.1) is 17.4 Å². The summed E-state index contributed by atoms with van der Waals surface area (Å²) < 4.78 is 0. The monoisotopic (exact) mass is 298 g/mol. The number of aliphatic imine (C=N–C) groups is 1. The van der Waals surface area contributed by atoms with E-state index in [0.717, 1.165) is 13.0 Å². The molecule has 0 atom stereocenters. The Morgan fingerprint density at radius 1 is 1.32 bits per heavy atom. The molecule has 0 aliphatic heterocycles. The van der Waals surface area contributed by atoms with Crippen LogP contribution in [-0.4, -0.2) is 12.5 Å². The maximum Gasteiger partial charge on any atom is 0.209 e. The first-order valence-corrected chi connectivity index (χ1v) is 6.70. The van der Waals surface area contributed by atoms with Gasteiger partial charge in [0.2, 0.25) is 5.96 Å². The third-order valence-electron chi connectivity index (χ3n) is 2.28. The van der Waals surface area contributed by atoms with Gasteiger partial charge in [0.25, 0.3) is 0 Å². The van der Waals surface area contributed by atoms with Crippen molar-refractivity contribution >= 4 is 34.8 Å². The molecule has 0 heterocycles. The second-order valence-corrected chi connectivity index (χ2v) is 5.31. The van der Waals surface area contributed by atoms with Crippen LogP contribution in [0.2, 0.25) is 10.0 Å². The van der Waals surface area contributed by atoms with Gasteiger partial charge in [-0.2, -0.15) is 5.26 Å². The zero-order valence-corrected chi connectivity index (χ0v) is 12.4. The fraction of sp³-hybridized carbons (Fsp3) is 0.385. The van der Waals surface area contributed by atoms with Crippen LogP contribution >= 0.6 is 23.2 Å². The van der Waals surface area contributed by atoms with Crippen molar-refractivity contribution in [2.45, 2.75) is 20.3 Å². The number of nitrogens with zero attached hydrogens (tertiary/aromatic N) is 2. The number of hydrogen-bond acceptors (Lipinski definition) is 2. The van der Waals surface area contributed by atoms with Crippen LogP contribution in [0.3, 0.4) is 0 Å². The van der Waals surface area contributed by atoms with Gasteiger partial charge in [-0.3, -0.25) is 5.32 Å². The van der Waals surface area contributed by atoms with Gasteiger partial charge in [-0.25, -0.2) is 4.99 Å². The molecule has 4 nitrogen and oxygen atoms in total. The fourth-order valence-electron chi connectivity index (χ4n) is 1.38. The van der Waals surface area contributed by atoms with E-state index >= 15 is 0 Å². The molecule has 0 aliphatic carbocycles. The van der Waals surface area contributed by atoms with Crippen LogP contribution in [-0.2, 0) is 0 Å². The zero-order chi connectivity index (χ0) is 14.3. The standard InChI is InChI=1S/C13H16Cl2N4/c1-9(2)3-4-17-13(18-8-16)19-12-6-10(14)5-11(15)7-12/h5-7,9H,3-4H2,1-2H3,(H2,17,18,19). The molecule has 0 aliphatic rings. The molecular weight excluding hydrogens is 283 g/mol. The number of halogens is 2. The van der Waals surface area contributed by atoms with Crippen molar-refractivity contribution in [1.29, 1.82) is 5.26 Å². The molecule has 1 aromatic carbocycles. The van der Waals surface area contributed by atoms with E-state index in [4.69, 9.17) is 28.5 Å². The van der Waals surface area contributed by atoms with E-state index in [9.17, 15) is 0 Å². The highest BCUT2D eigenvalue weighted by Crippen LogP contribution is 2.24. The van der Waals surface area contributed by atoms with Crippen molar-refractivity contribution < 1.29 is 0 Å². The molecule has 0 unspecified atom stereocenters. The Hall–Kier alpha value is -1.44. The molecule has 19 heavy (non-hydrogen) atoms. The quantitative estimate of drug-likeness (QED) is 0.386. The van der Waals surface area contributed by atoms with Gasteiger partial charge in [0.1, 0.15) is 0 Å². The number of rotatable bonds is 4. The summed E-state index contributed by atoms with van der Waals surface area (Å²) in [6.07, 6.45) is 2.83. The summed E-state index contributed by atoms with van der Waals surface area (Å²) >= 11 is 11.8. The molecule has 102 valence electrons. The van der Waals surface area contributed by atoms with Crippen LogP contribution in [0.15, 0.2) is 23.2 Å². The largest absolute Gasteiger partial charge is 0.355 e. The minimum atomic E-state index is 0.390. The molecule has 1 rings (SSSR count). The summed E-state index contributed by atoms with van der Waals surface area (Å²) in [5, 5.41) is 15.3. The Balaban J connectivity index is 2.79. The van der Waals surface area contributed by atoms with Gasteiger partial charge in [-0.1, -0.05) is 37.0 Å². The molecule has 0 saturated heterocycles. The highest BCUT2D eigenvalue weighted by molar-refractivity contribution is 6.35. The lowest BCUT2D eigenvalue weighted by Crippen LogP contribution is -2.35. The first-order chi connectivity index (χ1) is 9.01. The molecular formula is C13H16Cl2N4. The maximum absolute atomic E-state index is 8.70. The van der Waals surface area contributed by atoms with E-state index in [1.54, 1.807) is 18.2 Å². The molecule has 0 fully saturated rings. The average Bonchev–Trinajstić information content (AvgIpc) is 2.27. The van der Waals surface area contributed by atoms with Gasteiger partial charge in [0.05, 0.1) is 5.69 Å². The summed E-state index contributed by atoms with van der Waals surface area (Å²) in [6, 6.07) is 4.99. The van der Waals surface area contributed by atoms with Gasteiger partial charge >= 0.3 is 0 Å². The second kappa shape index (κ2) is 7.88. The summed E-state index contributed by atoms with van der Waals surface area (Å²) in [7, 11) is 0. The minimum absolute atomic E-state index is 0.390. The summed E-state index contributed by atoms with van der Waals surface area (Å²) in [5.74, 6) is 0.970. The van der Waals surface area contributed by atoms with Gasteiger partial charge in [0, 0.05) is 16.6 Å². The maximum atomic E-state index is 8.70. The molecule has 0 amide bonds. The molecule has 2 N–H and O–H groups in total. The van der Waals surface area contributed by atoms with Gasteiger partial charge in [0.15, 0.2) is 6.19 Å². The average molecular weight is 299 g/mol. The van der Waals surface area contributed by atoms with Crippen LogP contribution in [0.4, 0.5) is 5.69 Å². The Morgan fingerprint density at radius 2 is 1.95 bits per heavy atom. The molecule has 0 bridgehead atoms. The Bertz CT molecular complexity index is 472. The van der Waals surface area contributed by atoms with Crippen molar-refractivity contribution in [1.82, 2.24) is 10.6 Å². The first-order valence-electron chi connectivity index (χ1n) is 5.95. The zero-order valence-electron chi connectivity index (χ0n) is 10.9. The lowest BCUT2D eigenvalue weighted by Gasteiger charge is -2.09. The lowest BCUT2D eigenvalue weighted by molar-refractivity contribution is 0.576. The number of nitriles is 1. The number of benzene rings is 1. The van der Waals surface area contributed by atoms with Crippen molar-refractivity contribution in [2.75, 3.05) is 6.54 Å². The van der Waals surface area contributed by atoms with Crippen molar-refractivity contribution in [3.8, 4) is 6.19 Å². The van der Waals surface area contributed by atoms with Gasteiger partial charge < -0.3 is 5.32 Å². The highest BCUT2D eigenvalue weighted by atomic mass is 35.5. The number of guanidine groups is 1. The number of hydrogen-bond donors (Lipinski definition) is 2. The molecule has 0 aromatic heterocycles. The Kier molecular flexibility index (Phi) is 6.48. The summed E-state index contributed by atoms with van der Waals surface area (Å²) in [4.78, 5) is 4.27. The van der Waals surface area contributed by atoms with Gasteiger partial charge in [-0.05, 0) is 30.5 Å². The molecule has 1 aromatic rings. The number of nitrogens with one attached hydrogen (secondary N) is 2. The lowest BCUT2D eigenvalue weighted by atomic mass is 10.1. The molecule has 0 radical (unpaired) electrons. The highest BCUT2D eigenvalue weighted by Gasteiger charge is 2.02. The molecule has 0 spiro atoms. The minimum Gasteiger partial charge on any atom is -0.355 e. The third-order valence-corrected chi connectivity index (χ3v) is 2.71. The van der Waals surface area contributed by atoms with E-state index in [1.165, 1.54) is 0 Å². The van der Waals surface area contributed by atoms with E-state index in [-0.39, 0.29) is 0 Å². The SMILES string of the molecule is CC(C)CCNC(=Nc1cc(Cl)cc(Cl)c1)NC#N. The summed E-state index contributed by atoms with van der Waals surface area (Å²) in [6.45, 7) is 5.00. The Morgan fingerprint density at radius 3 is 2.47 bits per heavy atom. The van der Waals surface area contributed by atoms with E-state index in [1.807, 2.05) is 6.19 Å². The van der Waals surface area contributed by atoms with Crippen LogP contribution < -0.4 is 10.6 Å².